The second-order valence-corrected chi connectivity index (χ2v) is 9.45. The maximum Gasteiger partial charge on any atom is 2.00 e. The van der Waals surface area contributed by atoms with E-state index in [2.05, 4.69) is 54.7 Å². The van der Waals surface area contributed by atoms with Crippen molar-refractivity contribution in [1.82, 2.24) is 14.8 Å². The third-order valence-corrected chi connectivity index (χ3v) is 5.53. The molecular weight excluding hydrogens is 645 g/mol. The third kappa shape index (κ3) is 15.9. The van der Waals surface area contributed by atoms with E-state index in [0.29, 0.717) is 19.8 Å². The number of ether oxygens (including phenoxy) is 3. The summed E-state index contributed by atoms with van der Waals surface area (Å²) in [5, 5.41) is 0. The van der Waals surface area contributed by atoms with Crippen LogP contribution in [0.2, 0.25) is 0 Å². The van der Waals surface area contributed by atoms with Crippen molar-refractivity contribution >= 4 is 69.9 Å². The van der Waals surface area contributed by atoms with Crippen LogP contribution in [-0.2, 0) is 71.8 Å². The zero-order chi connectivity index (χ0) is 29.5. The molecule has 0 saturated heterocycles. The predicted octanol–water partition coefficient (Wildman–Crippen LogP) is 4.60. The van der Waals surface area contributed by atoms with Gasteiger partial charge in [-0.1, -0.05) is 39.0 Å². The van der Waals surface area contributed by atoms with Crippen molar-refractivity contribution in [2.24, 2.45) is 0 Å². The molecule has 1 heterocycles. The van der Waals surface area contributed by atoms with Crippen LogP contribution in [0, 0.1) is 0 Å². The largest absolute Gasteiger partial charge is 2.00 e. The number of carbonyl (C=O) groups excluding carboxylic acids is 1. The molecular formula is C24H28F3N3O4S4Zn. The van der Waals surface area contributed by atoms with E-state index in [1.165, 1.54) is 32.6 Å². The van der Waals surface area contributed by atoms with E-state index < -0.39 is 17.8 Å². The van der Waals surface area contributed by atoms with Crippen molar-refractivity contribution < 1.29 is 51.7 Å². The third-order valence-electron chi connectivity index (χ3n) is 4.07. The number of halogens is 3. The summed E-state index contributed by atoms with van der Waals surface area (Å²) in [4.78, 5) is 18.8. The second kappa shape index (κ2) is 19.8. The molecule has 0 amide bonds. The van der Waals surface area contributed by atoms with E-state index in [-0.39, 0.29) is 37.5 Å². The molecule has 0 aliphatic heterocycles. The molecule has 1 aromatic heterocycles. The molecule has 0 aliphatic rings. The molecule has 2 aromatic rings. The standard InChI is InChI=1S/C18H16F3NO4.2C3H7NS2.Zn/c1-24-11-14(17(23)25-2)13-7-4-3-6-12(13)10-26-16-9-5-8-15(22-16)18(19,20)21;2*1-4(2)3(5)6;/h3-9,11H,10H2,1-2H3;2*1-2H3,(H,5,6);/q;;;+2/p-2/b14-11+;;;. The van der Waals surface area contributed by atoms with Gasteiger partial charge in [0.15, 0.2) is 0 Å². The molecule has 0 saturated carbocycles. The quantitative estimate of drug-likeness (QED) is 0.108. The van der Waals surface area contributed by atoms with Gasteiger partial charge in [-0.25, -0.2) is 9.78 Å². The van der Waals surface area contributed by atoms with Crippen molar-refractivity contribution in [3.05, 3.63) is 65.5 Å². The number of alkyl halides is 3. The molecule has 2 rings (SSSR count). The van der Waals surface area contributed by atoms with Gasteiger partial charge in [0.25, 0.3) is 0 Å². The first kappa shape index (κ1) is 39.0. The van der Waals surface area contributed by atoms with Gasteiger partial charge in [-0.15, -0.1) is 0 Å². The number of rotatable bonds is 6. The van der Waals surface area contributed by atoms with Gasteiger partial charge in [-0.3, -0.25) is 0 Å². The molecule has 0 atom stereocenters. The zero-order valence-corrected chi connectivity index (χ0v) is 28.5. The topological polar surface area (TPSA) is 64.1 Å². The zero-order valence-electron chi connectivity index (χ0n) is 22.3. The van der Waals surface area contributed by atoms with E-state index in [9.17, 15) is 18.0 Å². The Morgan fingerprint density at radius 1 is 0.974 bits per heavy atom. The van der Waals surface area contributed by atoms with Crippen LogP contribution in [0.15, 0.2) is 48.7 Å². The number of aromatic nitrogens is 1. The van der Waals surface area contributed by atoms with Crippen molar-refractivity contribution in [2.45, 2.75) is 12.8 Å². The molecule has 0 bridgehead atoms. The minimum absolute atomic E-state index is 0. The molecule has 39 heavy (non-hydrogen) atoms. The molecule has 7 nitrogen and oxygen atoms in total. The number of nitrogens with zero attached hydrogens (tertiary/aromatic N) is 3. The summed E-state index contributed by atoms with van der Waals surface area (Å²) in [5.41, 5.74) is 0.151. The Labute approximate surface area is 261 Å². The second-order valence-electron chi connectivity index (χ2n) is 7.38. The van der Waals surface area contributed by atoms with Crippen LogP contribution in [0.5, 0.6) is 5.88 Å². The Kier molecular flexibility index (Phi) is 19.8. The van der Waals surface area contributed by atoms with Crippen LogP contribution in [-0.4, -0.2) is 71.8 Å². The van der Waals surface area contributed by atoms with Crippen molar-refractivity contribution in [2.75, 3.05) is 42.4 Å². The Balaban J connectivity index is 0. The van der Waals surface area contributed by atoms with Crippen LogP contribution >= 0.6 is 24.4 Å². The number of carbonyl (C=O) groups is 1. The normalized spacial score (nSPS) is 10.2. The SMILES string of the molecule is CN(C)C(=S)[S-].CN(C)C(=S)[S-].CO/C=C(/C(=O)OC)c1ccccc1COc1cccc(C(F)(F)F)n1.[Zn+2]. The van der Waals surface area contributed by atoms with Gasteiger partial charge in [0.2, 0.25) is 5.88 Å². The van der Waals surface area contributed by atoms with Gasteiger partial charge >= 0.3 is 31.6 Å². The molecule has 0 aliphatic carbocycles. The fraction of sp³-hybridized carbons (Fsp3) is 0.333. The van der Waals surface area contributed by atoms with E-state index in [1.807, 2.05) is 28.2 Å². The van der Waals surface area contributed by atoms with Crippen molar-refractivity contribution in [3.8, 4) is 5.88 Å². The number of esters is 1. The summed E-state index contributed by atoms with van der Waals surface area (Å²) in [5.74, 6) is -0.790. The summed E-state index contributed by atoms with van der Waals surface area (Å²) in [6.45, 7) is -0.0947. The Morgan fingerprint density at radius 3 is 1.92 bits per heavy atom. The molecule has 0 fully saturated rings. The smallest absolute Gasteiger partial charge is 0.503 e. The number of hydrogen-bond acceptors (Lipinski definition) is 9. The minimum atomic E-state index is -4.56. The summed E-state index contributed by atoms with van der Waals surface area (Å²) in [6.07, 6.45) is -3.33. The summed E-state index contributed by atoms with van der Waals surface area (Å²) >= 11 is 18.2. The van der Waals surface area contributed by atoms with E-state index >= 15 is 0 Å². The maximum atomic E-state index is 12.7. The van der Waals surface area contributed by atoms with Gasteiger partial charge in [0, 0.05) is 34.3 Å². The van der Waals surface area contributed by atoms with E-state index in [1.54, 1.807) is 34.1 Å². The van der Waals surface area contributed by atoms with Crippen LogP contribution in [0.4, 0.5) is 13.2 Å². The fourth-order valence-corrected chi connectivity index (χ4v) is 2.16. The number of benzene rings is 1. The van der Waals surface area contributed by atoms with Crippen LogP contribution < -0.4 is 4.74 Å². The number of hydrogen-bond donors (Lipinski definition) is 0. The van der Waals surface area contributed by atoms with Crippen LogP contribution in [0.3, 0.4) is 0 Å². The predicted molar refractivity (Wildman–Crippen MR) is 154 cm³/mol. The average Bonchev–Trinajstić information content (AvgIpc) is 2.86. The fourth-order valence-electron chi connectivity index (χ4n) is 2.16. The van der Waals surface area contributed by atoms with Gasteiger partial charge in [0.05, 0.1) is 20.5 Å². The summed E-state index contributed by atoms with van der Waals surface area (Å²) < 4.78 is 54.2. The summed E-state index contributed by atoms with van der Waals surface area (Å²) in [6, 6.07) is 10.1. The van der Waals surface area contributed by atoms with E-state index in [4.69, 9.17) is 14.2 Å². The Bertz CT molecular complexity index is 1090. The van der Waals surface area contributed by atoms with Gasteiger partial charge in [-0.05, 0) is 17.2 Å². The van der Waals surface area contributed by atoms with Crippen molar-refractivity contribution in [3.63, 3.8) is 0 Å². The van der Waals surface area contributed by atoms with Crippen molar-refractivity contribution in [1.29, 1.82) is 0 Å². The van der Waals surface area contributed by atoms with Crippen LogP contribution in [0.1, 0.15) is 16.8 Å². The Hall–Kier alpha value is -2.19. The number of methoxy groups -OCH3 is 2. The molecule has 0 radical (unpaired) electrons. The number of thiocarbonyl (C=S) groups is 2. The van der Waals surface area contributed by atoms with E-state index in [0.717, 1.165) is 6.07 Å². The van der Waals surface area contributed by atoms with Gasteiger partial charge in [0.1, 0.15) is 17.9 Å². The maximum absolute atomic E-state index is 12.7. The number of pyridine rings is 1. The average molecular weight is 673 g/mol. The first-order chi connectivity index (χ1) is 17.6. The molecule has 210 valence electrons. The summed E-state index contributed by atoms with van der Waals surface area (Å²) in [7, 11) is 9.93. The monoisotopic (exact) mass is 671 g/mol. The first-order valence-corrected chi connectivity index (χ1v) is 12.1. The minimum Gasteiger partial charge on any atom is -0.503 e. The molecule has 0 unspecified atom stereocenters. The molecule has 1 aromatic carbocycles. The Morgan fingerprint density at radius 2 is 1.49 bits per heavy atom. The first-order valence-electron chi connectivity index (χ1n) is 10.5. The van der Waals surface area contributed by atoms with Gasteiger partial charge in [-0.2, -0.15) is 13.2 Å². The van der Waals surface area contributed by atoms with Crippen LogP contribution in [0.25, 0.3) is 5.57 Å². The molecule has 0 N–H and O–H groups in total. The van der Waals surface area contributed by atoms with Gasteiger partial charge < -0.3 is 73.7 Å². The molecule has 0 spiro atoms. The molecule has 15 heteroatoms.